The van der Waals surface area contributed by atoms with Crippen molar-refractivity contribution < 1.29 is 95.4 Å². The molecule has 6 nitrogen and oxygen atoms in total. The largest absolute Gasteiger partial charge is 0.379 e. The SMILES string of the molecule is O=S(=O)(CC(F)(F)C(F)(F)C(F)(F)C(F)F)OCCCCOS(=O)(=O)CC(F)(F)C(F)(F)C(F)(F)C(F)F. The molecule has 38 heavy (non-hydrogen) atoms. The van der Waals surface area contributed by atoms with Crippen molar-refractivity contribution in [2.24, 2.45) is 0 Å². The molecule has 230 valence electrons. The Morgan fingerprint density at radius 2 is 0.737 bits per heavy atom. The van der Waals surface area contributed by atoms with Gasteiger partial charge < -0.3 is 0 Å². The van der Waals surface area contributed by atoms with Gasteiger partial charge in [-0.05, 0) is 12.8 Å². The first kappa shape index (κ1) is 36.7. The summed E-state index contributed by atoms with van der Waals surface area (Å²) in [5.74, 6) is -46.2. The van der Waals surface area contributed by atoms with Crippen LogP contribution in [0, 0.1) is 0 Å². The molecular weight excluding hydrogens is 632 g/mol. The summed E-state index contributed by atoms with van der Waals surface area (Å²) < 4.78 is 257. The number of alkyl halides is 16. The molecule has 0 saturated carbocycles. The van der Waals surface area contributed by atoms with Gasteiger partial charge in [-0.15, -0.1) is 0 Å². The van der Waals surface area contributed by atoms with E-state index in [2.05, 4.69) is 8.37 Å². The summed E-state index contributed by atoms with van der Waals surface area (Å²) in [5, 5.41) is 0. The molecule has 0 aliphatic heterocycles. The molecule has 0 aromatic rings. The molecule has 0 aromatic carbocycles. The Balaban J connectivity index is 4.96. The zero-order valence-corrected chi connectivity index (χ0v) is 19.3. The Morgan fingerprint density at radius 1 is 0.500 bits per heavy atom. The number of hydrogen-bond donors (Lipinski definition) is 0. The first-order valence-electron chi connectivity index (χ1n) is 9.08. The van der Waals surface area contributed by atoms with Crippen LogP contribution >= 0.6 is 0 Å². The smallest absolute Gasteiger partial charge is 0.270 e. The monoisotopic (exact) mass is 646 g/mol. The molecule has 0 spiro atoms. The van der Waals surface area contributed by atoms with Gasteiger partial charge in [0.15, 0.2) is 0 Å². The number of hydrogen-bond acceptors (Lipinski definition) is 6. The van der Waals surface area contributed by atoms with Gasteiger partial charge in [0.25, 0.3) is 20.2 Å². The predicted molar refractivity (Wildman–Crippen MR) is 90.4 cm³/mol. The van der Waals surface area contributed by atoms with Crippen LogP contribution in [0.15, 0.2) is 0 Å². The van der Waals surface area contributed by atoms with Crippen molar-refractivity contribution in [3.8, 4) is 0 Å². The van der Waals surface area contributed by atoms with E-state index in [1.54, 1.807) is 0 Å². The van der Waals surface area contributed by atoms with E-state index < -0.39 is 106 Å². The average Bonchev–Trinajstić information content (AvgIpc) is 2.67. The maximum absolute atomic E-state index is 13.3. The van der Waals surface area contributed by atoms with Crippen LogP contribution in [0.25, 0.3) is 0 Å². The number of unbranched alkanes of at least 4 members (excludes halogenated alkanes) is 1. The molecule has 0 unspecified atom stereocenters. The molecule has 0 aliphatic rings. The highest BCUT2D eigenvalue weighted by molar-refractivity contribution is 7.87. The fourth-order valence-electron chi connectivity index (χ4n) is 2.05. The highest BCUT2D eigenvalue weighted by Gasteiger charge is 2.77. The Bertz CT molecular complexity index is 916. The second-order valence-corrected chi connectivity index (χ2v) is 10.4. The van der Waals surface area contributed by atoms with E-state index >= 15 is 0 Å². The summed E-state index contributed by atoms with van der Waals surface area (Å²) in [4.78, 5) is 0. The lowest BCUT2D eigenvalue weighted by Crippen LogP contribution is -2.59. The van der Waals surface area contributed by atoms with Crippen LogP contribution in [0.4, 0.5) is 70.2 Å². The predicted octanol–water partition coefficient (Wildman–Crippen LogP) is 4.80. The van der Waals surface area contributed by atoms with E-state index in [1.165, 1.54) is 0 Å². The zero-order chi connectivity index (χ0) is 30.8. The molecular formula is C14H14F16O6S2. The van der Waals surface area contributed by atoms with Gasteiger partial charge in [-0.25, -0.2) is 17.6 Å². The van der Waals surface area contributed by atoms with Crippen molar-refractivity contribution >= 4 is 20.2 Å². The van der Waals surface area contributed by atoms with Crippen LogP contribution in [0.3, 0.4) is 0 Å². The quantitative estimate of drug-likeness (QED) is 0.128. The Kier molecular flexibility index (Phi) is 11.3. The molecule has 0 saturated heterocycles. The van der Waals surface area contributed by atoms with E-state index in [0.717, 1.165) is 0 Å². The van der Waals surface area contributed by atoms with E-state index in [1.807, 2.05) is 0 Å². The summed E-state index contributed by atoms with van der Waals surface area (Å²) in [6.07, 6.45) is -12.4. The highest BCUT2D eigenvalue weighted by atomic mass is 32.2. The normalized spacial score (nSPS) is 15.5. The van der Waals surface area contributed by atoms with Crippen molar-refractivity contribution in [2.45, 2.75) is 61.2 Å². The molecule has 0 aromatic heterocycles. The van der Waals surface area contributed by atoms with Gasteiger partial charge in [0, 0.05) is 0 Å². The lowest BCUT2D eigenvalue weighted by Gasteiger charge is -2.31. The molecule has 0 radical (unpaired) electrons. The second-order valence-electron chi connectivity index (χ2n) is 7.16. The highest BCUT2D eigenvalue weighted by Crippen LogP contribution is 2.50. The summed E-state index contributed by atoms with van der Waals surface area (Å²) in [6, 6.07) is 0. The standard InChI is InChI=1S/C14H14F16O6S2/c15-7(16)11(23,24)13(27,28)9(19,20)5-37(31,32)35-3-1-2-4-36-38(33,34)6-10(21,22)14(29,30)12(25,26)8(17)18/h7-8H,1-6H2. The fourth-order valence-corrected chi connectivity index (χ4v) is 4.21. The van der Waals surface area contributed by atoms with Crippen LogP contribution in [-0.4, -0.2) is 89.9 Å². The Hall–Kier alpha value is -1.30. The minimum Gasteiger partial charge on any atom is -0.270 e. The van der Waals surface area contributed by atoms with Crippen molar-refractivity contribution in [1.82, 2.24) is 0 Å². The van der Waals surface area contributed by atoms with Crippen molar-refractivity contribution in [2.75, 3.05) is 24.7 Å². The fraction of sp³-hybridized carbons (Fsp3) is 1.00. The third kappa shape index (κ3) is 8.11. The molecule has 0 N–H and O–H groups in total. The minimum atomic E-state index is -6.88. The Morgan fingerprint density at radius 3 is 0.947 bits per heavy atom. The molecule has 0 bridgehead atoms. The minimum absolute atomic E-state index is 0.861. The second kappa shape index (κ2) is 11.7. The van der Waals surface area contributed by atoms with Gasteiger partial charge in [-0.2, -0.15) is 69.5 Å². The van der Waals surface area contributed by atoms with Crippen LogP contribution < -0.4 is 0 Å². The number of rotatable bonds is 17. The van der Waals surface area contributed by atoms with E-state index in [-0.39, 0.29) is 0 Å². The third-order valence-electron chi connectivity index (χ3n) is 4.08. The van der Waals surface area contributed by atoms with Crippen LogP contribution in [0.5, 0.6) is 0 Å². The molecule has 0 fully saturated rings. The first-order chi connectivity index (χ1) is 16.5. The van der Waals surface area contributed by atoms with Crippen molar-refractivity contribution in [1.29, 1.82) is 0 Å². The van der Waals surface area contributed by atoms with Gasteiger partial charge >= 0.3 is 48.4 Å². The van der Waals surface area contributed by atoms with Crippen LogP contribution in [0.1, 0.15) is 12.8 Å². The molecule has 24 heteroatoms. The van der Waals surface area contributed by atoms with Gasteiger partial charge in [0.05, 0.1) is 13.2 Å². The van der Waals surface area contributed by atoms with Gasteiger partial charge in [-0.1, -0.05) is 0 Å². The van der Waals surface area contributed by atoms with E-state index in [9.17, 15) is 87.1 Å². The summed E-state index contributed by atoms with van der Waals surface area (Å²) >= 11 is 0. The molecule has 0 amide bonds. The first-order valence-corrected chi connectivity index (χ1v) is 12.2. The van der Waals surface area contributed by atoms with Gasteiger partial charge in [-0.3, -0.25) is 8.37 Å². The van der Waals surface area contributed by atoms with Crippen molar-refractivity contribution in [3.63, 3.8) is 0 Å². The van der Waals surface area contributed by atoms with Gasteiger partial charge in [0.1, 0.15) is 11.5 Å². The number of halogens is 16. The van der Waals surface area contributed by atoms with Crippen LogP contribution in [-0.2, 0) is 28.6 Å². The topological polar surface area (TPSA) is 86.7 Å². The van der Waals surface area contributed by atoms with E-state index in [0.29, 0.717) is 0 Å². The molecule has 0 heterocycles. The Labute approximate surface area is 202 Å². The maximum Gasteiger partial charge on any atom is 0.379 e. The van der Waals surface area contributed by atoms with Crippen molar-refractivity contribution in [3.05, 3.63) is 0 Å². The average molecular weight is 646 g/mol. The molecule has 0 atom stereocenters. The summed E-state index contributed by atoms with van der Waals surface area (Å²) in [7, 11) is -11.7. The summed E-state index contributed by atoms with van der Waals surface area (Å²) in [6.45, 7) is -2.71. The van der Waals surface area contributed by atoms with Crippen LogP contribution in [0.2, 0.25) is 0 Å². The molecule has 0 rings (SSSR count). The zero-order valence-electron chi connectivity index (χ0n) is 17.7. The molecule has 0 aliphatic carbocycles. The third-order valence-corrected chi connectivity index (χ3v) is 6.57. The lowest BCUT2D eigenvalue weighted by atomic mass is 10.1. The van der Waals surface area contributed by atoms with Gasteiger partial charge in [0.2, 0.25) is 0 Å². The van der Waals surface area contributed by atoms with E-state index in [4.69, 9.17) is 0 Å². The lowest BCUT2D eigenvalue weighted by molar-refractivity contribution is -0.332. The maximum atomic E-state index is 13.3. The summed E-state index contributed by atoms with van der Waals surface area (Å²) in [5.41, 5.74) is 0.